The highest BCUT2D eigenvalue weighted by atomic mass is 32.2. The second kappa shape index (κ2) is 6.35. The molecule has 0 aliphatic carbocycles. The Labute approximate surface area is 110 Å². The van der Waals surface area contributed by atoms with Gasteiger partial charge in [-0.1, -0.05) is 11.4 Å². The number of rotatable bonds is 4. The molecular formula is C11H17N3OS2. The Balaban J connectivity index is 1.84. The van der Waals surface area contributed by atoms with E-state index in [2.05, 4.69) is 14.9 Å². The standard InChI is InChI=1S/C11H17N3OS2/c1-2-9-10(17-14-13-9)11(15)12-7-8-3-5-16-6-4-8/h8H,2-7H2,1H3,(H,12,15). The van der Waals surface area contributed by atoms with Crippen molar-refractivity contribution in [3.05, 3.63) is 10.6 Å². The average Bonchev–Trinajstić information content (AvgIpc) is 2.85. The summed E-state index contributed by atoms with van der Waals surface area (Å²) in [5.74, 6) is 3.09. The molecule has 0 saturated carbocycles. The lowest BCUT2D eigenvalue weighted by Gasteiger charge is -2.21. The monoisotopic (exact) mass is 271 g/mol. The first kappa shape index (κ1) is 12.8. The molecule has 0 atom stereocenters. The van der Waals surface area contributed by atoms with Gasteiger partial charge in [-0.2, -0.15) is 11.8 Å². The number of aryl methyl sites for hydroxylation is 1. The lowest BCUT2D eigenvalue weighted by molar-refractivity contribution is 0.0949. The van der Waals surface area contributed by atoms with E-state index in [9.17, 15) is 4.79 Å². The molecular weight excluding hydrogens is 254 g/mol. The number of carbonyl (C=O) groups excluding carboxylic acids is 1. The van der Waals surface area contributed by atoms with Crippen LogP contribution >= 0.6 is 23.3 Å². The van der Waals surface area contributed by atoms with Crippen LogP contribution in [-0.4, -0.2) is 33.5 Å². The summed E-state index contributed by atoms with van der Waals surface area (Å²) in [5.41, 5.74) is 0.812. The van der Waals surface area contributed by atoms with Gasteiger partial charge in [0.15, 0.2) is 0 Å². The van der Waals surface area contributed by atoms with Crippen molar-refractivity contribution in [2.45, 2.75) is 26.2 Å². The zero-order valence-corrected chi connectivity index (χ0v) is 11.6. The molecule has 1 saturated heterocycles. The highest BCUT2D eigenvalue weighted by Crippen LogP contribution is 2.22. The molecule has 4 nitrogen and oxygen atoms in total. The van der Waals surface area contributed by atoms with Crippen LogP contribution in [0.15, 0.2) is 0 Å². The van der Waals surface area contributed by atoms with Gasteiger partial charge in [-0.15, -0.1) is 5.10 Å². The van der Waals surface area contributed by atoms with Crippen LogP contribution in [0.25, 0.3) is 0 Å². The minimum atomic E-state index is -0.00456. The van der Waals surface area contributed by atoms with E-state index in [1.54, 1.807) is 0 Å². The summed E-state index contributed by atoms with van der Waals surface area (Å²) in [5, 5.41) is 6.97. The Bertz CT molecular complexity index is 375. The summed E-state index contributed by atoms with van der Waals surface area (Å²) in [4.78, 5) is 12.6. The zero-order chi connectivity index (χ0) is 12.1. The Morgan fingerprint density at radius 2 is 2.24 bits per heavy atom. The molecule has 1 fully saturated rings. The number of aromatic nitrogens is 2. The van der Waals surface area contributed by atoms with Crippen molar-refractivity contribution in [2.75, 3.05) is 18.1 Å². The maximum atomic E-state index is 11.9. The van der Waals surface area contributed by atoms with Crippen molar-refractivity contribution in [3.63, 3.8) is 0 Å². The van der Waals surface area contributed by atoms with Crippen LogP contribution in [0.1, 0.15) is 35.1 Å². The van der Waals surface area contributed by atoms with Crippen LogP contribution in [0.2, 0.25) is 0 Å². The van der Waals surface area contributed by atoms with Crippen molar-refractivity contribution in [3.8, 4) is 0 Å². The van der Waals surface area contributed by atoms with E-state index in [1.807, 2.05) is 18.7 Å². The van der Waals surface area contributed by atoms with Crippen molar-refractivity contribution in [1.29, 1.82) is 0 Å². The van der Waals surface area contributed by atoms with E-state index in [4.69, 9.17) is 0 Å². The molecule has 94 valence electrons. The van der Waals surface area contributed by atoms with Crippen molar-refractivity contribution in [2.24, 2.45) is 5.92 Å². The molecule has 0 bridgehead atoms. The smallest absolute Gasteiger partial charge is 0.264 e. The second-order valence-corrected chi connectivity index (χ2v) is 6.15. The second-order valence-electron chi connectivity index (χ2n) is 4.17. The fraction of sp³-hybridized carbons (Fsp3) is 0.727. The third-order valence-corrected chi connectivity index (χ3v) is 4.80. The van der Waals surface area contributed by atoms with Gasteiger partial charge in [-0.3, -0.25) is 4.79 Å². The van der Waals surface area contributed by atoms with Crippen LogP contribution in [0.4, 0.5) is 0 Å². The molecule has 2 rings (SSSR count). The normalized spacial score (nSPS) is 17.0. The quantitative estimate of drug-likeness (QED) is 0.909. The lowest BCUT2D eigenvalue weighted by atomic mass is 10.0. The molecule has 1 aromatic heterocycles. The summed E-state index contributed by atoms with van der Waals surface area (Å²) in [6, 6.07) is 0. The molecule has 1 aliphatic heterocycles. The minimum absolute atomic E-state index is 0.00456. The van der Waals surface area contributed by atoms with E-state index >= 15 is 0 Å². The summed E-state index contributed by atoms with van der Waals surface area (Å²) >= 11 is 3.20. The summed E-state index contributed by atoms with van der Waals surface area (Å²) in [7, 11) is 0. The van der Waals surface area contributed by atoms with E-state index in [0.29, 0.717) is 10.8 Å². The first-order valence-corrected chi connectivity index (χ1v) is 7.91. The van der Waals surface area contributed by atoms with Gasteiger partial charge in [0.1, 0.15) is 4.88 Å². The van der Waals surface area contributed by atoms with Gasteiger partial charge >= 0.3 is 0 Å². The van der Waals surface area contributed by atoms with Gasteiger partial charge < -0.3 is 5.32 Å². The molecule has 1 aliphatic rings. The molecule has 17 heavy (non-hydrogen) atoms. The number of nitrogens with zero attached hydrogens (tertiary/aromatic N) is 2. The fourth-order valence-corrected chi connectivity index (χ4v) is 3.75. The number of thioether (sulfide) groups is 1. The van der Waals surface area contributed by atoms with Crippen LogP contribution in [0, 0.1) is 5.92 Å². The molecule has 0 spiro atoms. The van der Waals surface area contributed by atoms with Gasteiger partial charge in [0, 0.05) is 6.54 Å². The third-order valence-electron chi connectivity index (χ3n) is 2.99. The van der Waals surface area contributed by atoms with Gasteiger partial charge in [0.25, 0.3) is 5.91 Å². The highest BCUT2D eigenvalue weighted by Gasteiger charge is 2.18. The van der Waals surface area contributed by atoms with Crippen LogP contribution in [0.5, 0.6) is 0 Å². The van der Waals surface area contributed by atoms with Gasteiger partial charge in [-0.05, 0) is 48.2 Å². The van der Waals surface area contributed by atoms with E-state index in [0.717, 1.165) is 18.7 Å². The fourth-order valence-electron chi connectivity index (χ4n) is 1.88. The number of hydrogen-bond acceptors (Lipinski definition) is 5. The summed E-state index contributed by atoms with van der Waals surface area (Å²) in [6.07, 6.45) is 3.19. The molecule has 6 heteroatoms. The summed E-state index contributed by atoms with van der Waals surface area (Å²) in [6.45, 7) is 2.78. The molecule has 2 heterocycles. The molecule has 0 unspecified atom stereocenters. The topological polar surface area (TPSA) is 54.9 Å². The zero-order valence-electron chi connectivity index (χ0n) is 9.94. The molecule has 0 radical (unpaired) electrons. The van der Waals surface area contributed by atoms with E-state index in [1.165, 1.54) is 35.9 Å². The van der Waals surface area contributed by atoms with Crippen LogP contribution < -0.4 is 5.32 Å². The van der Waals surface area contributed by atoms with Crippen LogP contribution in [0.3, 0.4) is 0 Å². The largest absolute Gasteiger partial charge is 0.351 e. The lowest BCUT2D eigenvalue weighted by Crippen LogP contribution is -2.31. The Kier molecular flexibility index (Phi) is 4.79. The molecule has 1 amide bonds. The highest BCUT2D eigenvalue weighted by molar-refractivity contribution is 7.99. The van der Waals surface area contributed by atoms with Gasteiger partial charge in [0.2, 0.25) is 0 Å². The number of nitrogens with one attached hydrogen (secondary N) is 1. The predicted molar refractivity (Wildman–Crippen MR) is 71.7 cm³/mol. The maximum Gasteiger partial charge on any atom is 0.264 e. The molecule has 0 aromatic carbocycles. The predicted octanol–water partition coefficient (Wildman–Crippen LogP) is 1.97. The first-order chi connectivity index (χ1) is 8.31. The Morgan fingerprint density at radius 1 is 1.47 bits per heavy atom. The maximum absolute atomic E-state index is 11.9. The first-order valence-electron chi connectivity index (χ1n) is 5.98. The van der Waals surface area contributed by atoms with Crippen molar-refractivity contribution >= 4 is 29.2 Å². The number of carbonyl (C=O) groups is 1. The Morgan fingerprint density at radius 3 is 2.94 bits per heavy atom. The minimum Gasteiger partial charge on any atom is -0.351 e. The van der Waals surface area contributed by atoms with Gasteiger partial charge in [0.05, 0.1) is 5.69 Å². The summed E-state index contributed by atoms with van der Waals surface area (Å²) < 4.78 is 3.84. The van der Waals surface area contributed by atoms with E-state index < -0.39 is 0 Å². The average molecular weight is 271 g/mol. The van der Waals surface area contributed by atoms with Crippen LogP contribution in [-0.2, 0) is 6.42 Å². The van der Waals surface area contributed by atoms with Crippen molar-refractivity contribution in [1.82, 2.24) is 14.9 Å². The molecule has 1 N–H and O–H groups in total. The van der Waals surface area contributed by atoms with E-state index in [-0.39, 0.29) is 5.91 Å². The number of hydrogen-bond donors (Lipinski definition) is 1. The van der Waals surface area contributed by atoms with Crippen molar-refractivity contribution < 1.29 is 4.79 Å². The van der Waals surface area contributed by atoms with Gasteiger partial charge in [-0.25, -0.2) is 0 Å². The Hall–Kier alpha value is -0.620. The molecule has 1 aromatic rings. The number of amides is 1. The third kappa shape index (κ3) is 3.42. The SMILES string of the molecule is CCc1nnsc1C(=O)NCC1CCSCC1.